The number of pyridine rings is 1. The largest absolute Gasteiger partial charge is 0.350 e. The number of rotatable bonds is 8. The predicted octanol–water partition coefficient (Wildman–Crippen LogP) is 3.77. The van der Waals surface area contributed by atoms with Crippen LogP contribution in [-0.4, -0.2) is 58.3 Å². The van der Waals surface area contributed by atoms with Gasteiger partial charge in [-0.1, -0.05) is 54.0 Å². The Balaban J connectivity index is 1.42. The number of piperazine rings is 1. The molecule has 1 aliphatic carbocycles. The number of hydrogen-bond acceptors (Lipinski definition) is 4. The molecule has 2 amide bonds. The molecule has 3 heterocycles. The maximum absolute atomic E-state index is 13.1. The van der Waals surface area contributed by atoms with Gasteiger partial charge >= 0.3 is 0 Å². The summed E-state index contributed by atoms with van der Waals surface area (Å²) in [4.78, 5) is 32.9. The van der Waals surface area contributed by atoms with E-state index in [0.717, 1.165) is 25.6 Å². The van der Waals surface area contributed by atoms with Crippen molar-refractivity contribution in [3.63, 3.8) is 0 Å². The van der Waals surface area contributed by atoms with Gasteiger partial charge in [0.15, 0.2) is 0 Å². The standard InChI is InChI=1S/C28H43N5O2/c1-7-20-13-22(28(20,5)6)19(4)15-30-27(35)23-9-8-10-25-31-21(17-33(23)25)14-26(34)32-12-11-29-16-24(32)18(2)3/h8-10,17-20,22,24,29H,7,11-16H2,1-6H3,(H,30,35)/t19-,20+,22+,24-/m0/s1. The first-order valence-corrected chi connectivity index (χ1v) is 13.4. The fourth-order valence-electron chi connectivity index (χ4n) is 6.42. The molecule has 0 unspecified atom stereocenters. The minimum Gasteiger partial charge on any atom is -0.350 e. The van der Waals surface area contributed by atoms with E-state index in [-0.39, 0.29) is 24.3 Å². The van der Waals surface area contributed by atoms with Gasteiger partial charge in [-0.15, -0.1) is 0 Å². The molecule has 35 heavy (non-hydrogen) atoms. The number of hydrogen-bond donors (Lipinski definition) is 2. The average Bonchev–Trinajstić information content (AvgIpc) is 3.24. The van der Waals surface area contributed by atoms with E-state index in [1.54, 1.807) is 0 Å². The van der Waals surface area contributed by atoms with E-state index in [1.807, 2.05) is 33.7 Å². The highest BCUT2D eigenvalue weighted by molar-refractivity contribution is 5.93. The van der Waals surface area contributed by atoms with Crippen molar-refractivity contribution in [1.29, 1.82) is 0 Å². The van der Waals surface area contributed by atoms with Crippen LogP contribution in [-0.2, 0) is 11.2 Å². The van der Waals surface area contributed by atoms with Crippen LogP contribution < -0.4 is 10.6 Å². The van der Waals surface area contributed by atoms with Gasteiger partial charge in [-0.2, -0.15) is 0 Å². The summed E-state index contributed by atoms with van der Waals surface area (Å²) in [5.74, 6) is 2.24. The van der Waals surface area contributed by atoms with Gasteiger partial charge in [0.2, 0.25) is 5.91 Å². The Morgan fingerprint density at radius 2 is 2.03 bits per heavy atom. The van der Waals surface area contributed by atoms with Crippen LogP contribution in [0, 0.1) is 29.1 Å². The lowest BCUT2D eigenvalue weighted by atomic mass is 9.51. The summed E-state index contributed by atoms with van der Waals surface area (Å²) in [6.45, 7) is 16.6. The molecule has 192 valence electrons. The second-order valence-electron chi connectivity index (χ2n) is 11.6. The molecule has 0 bridgehead atoms. The minimum absolute atomic E-state index is 0.0936. The normalized spacial score (nSPS) is 24.9. The number of aromatic nitrogens is 2. The third-order valence-corrected chi connectivity index (χ3v) is 8.79. The number of imidazole rings is 1. The summed E-state index contributed by atoms with van der Waals surface area (Å²) in [6, 6.07) is 5.77. The van der Waals surface area contributed by atoms with E-state index < -0.39 is 0 Å². The third kappa shape index (κ3) is 5.11. The molecule has 0 radical (unpaired) electrons. The lowest BCUT2D eigenvalue weighted by Gasteiger charge is -2.55. The van der Waals surface area contributed by atoms with Crippen LogP contribution >= 0.6 is 0 Å². The zero-order chi connectivity index (χ0) is 25.3. The first-order chi connectivity index (χ1) is 16.6. The van der Waals surface area contributed by atoms with Crippen molar-refractivity contribution in [3.8, 4) is 0 Å². The molecule has 2 aromatic heterocycles. The van der Waals surface area contributed by atoms with Crippen LogP contribution in [0.2, 0.25) is 0 Å². The van der Waals surface area contributed by atoms with Crippen LogP contribution in [0.25, 0.3) is 5.65 Å². The van der Waals surface area contributed by atoms with E-state index in [2.05, 4.69) is 57.2 Å². The quantitative estimate of drug-likeness (QED) is 0.602. The van der Waals surface area contributed by atoms with Crippen molar-refractivity contribution in [2.45, 2.75) is 66.8 Å². The monoisotopic (exact) mass is 481 g/mol. The molecule has 2 fully saturated rings. The van der Waals surface area contributed by atoms with E-state index >= 15 is 0 Å². The summed E-state index contributed by atoms with van der Waals surface area (Å²) in [5, 5.41) is 6.55. The number of amides is 2. The SMILES string of the molecule is CC[C@@H]1C[C@H]([C@@H](C)CNC(=O)c2cccc3nc(CC(=O)N4CCNC[C@H]4C(C)C)cn23)C1(C)C. The molecule has 2 N–H and O–H groups in total. The Bertz CT molecular complexity index is 1060. The maximum Gasteiger partial charge on any atom is 0.268 e. The van der Waals surface area contributed by atoms with Gasteiger partial charge in [0.25, 0.3) is 5.91 Å². The summed E-state index contributed by atoms with van der Waals surface area (Å²) in [5.41, 5.74) is 2.29. The Morgan fingerprint density at radius 3 is 2.71 bits per heavy atom. The van der Waals surface area contributed by atoms with Crippen LogP contribution in [0.3, 0.4) is 0 Å². The zero-order valence-corrected chi connectivity index (χ0v) is 22.3. The summed E-state index contributed by atoms with van der Waals surface area (Å²) in [6.07, 6.45) is 4.57. The number of carbonyl (C=O) groups excluding carboxylic acids is 2. The second-order valence-corrected chi connectivity index (χ2v) is 11.6. The number of carbonyl (C=O) groups is 2. The second kappa shape index (κ2) is 10.3. The number of fused-ring (bicyclic) bond motifs is 1. The fourth-order valence-corrected chi connectivity index (χ4v) is 6.42. The molecule has 1 saturated heterocycles. The molecule has 4 atom stereocenters. The highest BCUT2D eigenvalue weighted by Crippen LogP contribution is 2.55. The molecule has 0 spiro atoms. The van der Waals surface area contributed by atoms with Crippen LogP contribution in [0.1, 0.15) is 70.6 Å². The van der Waals surface area contributed by atoms with Crippen LogP contribution in [0.5, 0.6) is 0 Å². The molecule has 0 aromatic carbocycles. The van der Waals surface area contributed by atoms with Crippen LogP contribution in [0.15, 0.2) is 24.4 Å². The Kier molecular flexibility index (Phi) is 7.55. The van der Waals surface area contributed by atoms with Crippen molar-refractivity contribution >= 4 is 17.5 Å². The highest BCUT2D eigenvalue weighted by atomic mass is 16.2. The van der Waals surface area contributed by atoms with Gasteiger partial charge in [0.05, 0.1) is 12.1 Å². The number of nitrogens with one attached hydrogen (secondary N) is 2. The maximum atomic E-state index is 13.1. The smallest absolute Gasteiger partial charge is 0.268 e. The first-order valence-electron chi connectivity index (χ1n) is 13.4. The van der Waals surface area contributed by atoms with Crippen molar-refractivity contribution in [2.24, 2.45) is 29.1 Å². The van der Waals surface area contributed by atoms with E-state index in [0.29, 0.717) is 46.7 Å². The Hall–Kier alpha value is -2.41. The molecule has 7 heteroatoms. The molecule has 2 aliphatic rings. The molecule has 4 rings (SSSR count). The highest BCUT2D eigenvalue weighted by Gasteiger charge is 2.48. The zero-order valence-electron chi connectivity index (χ0n) is 22.3. The van der Waals surface area contributed by atoms with Gasteiger partial charge in [-0.25, -0.2) is 4.98 Å². The van der Waals surface area contributed by atoms with Gasteiger partial charge in [0, 0.05) is 38.4 Å². The predicted molar refractivity (Wildman–Crippen MR) is 139 cm³/mol. The third-order valence-electron chi connectivity index (χ3n) is 8.79. The fraction of sp³-hybridized carbons (Fsp3) is 0.679. The molecule has 7 nitrogen and oxygen atoms in total. The van der Waals surface area contributed by atoms with E-state index in [1.165, 1.54) is 12.8 Å². The summed E-state index contributed by atoms with van der Waals surface area (Å²) < 4.78 is 1.82. The van der Waals surface area contributed by atoms with Gasteiger partial charge in [0.1, 0.15) is 11.3 Å². The van der Waals surface area contributed by atoms with Crippen molar-refractivity contribution in [1.82, 2.24) is 24.9 Å². The van der Waals surface area contributed by atoms with Crippen molar-refractivity contribution in [3.05, 3.63) is 35.8 Å². The molecule has 1 saturated carbocycles. The lowest BCUT2D eigenvalue weighted by Crippen LogP contribution is -2.56. The van der Waals surface area contributed by atoms with Crippen molar-refractivity contribution < 1.29 is 9.59 Å². The molecular formula is C28H43N5O2. The van der Waals surface area contributed by atoms with Crippen molar-refractivity contribution in [2.75, 3.05) is 26.2 Å². The summed E-state index contributed by atoms with van der Waals surface area (Å²) in [7, 11) is 0. The molecule has 1 aliphatic heterocycles. The van der Waals surface area contributed by atoms with E-state index in [9.17, 15) is 9.59 Å². The lowest BCUT2D eigenvalue weighted by molar-refractivity contribution is -0.134. The van der Waals surface area contributed by atoms with Gasteiger partial charge in [-0.3, -0.25) is 14.0 Å². The average molecular weight is 482 g/mol. The topological polar surface area (TPSA) is 78.7 Å². The molecular weight excluding hydrogens is 438 g/mol. The Morgan fingerprint density at radius 1 is 1.26 bits per heavy atom. The number of nitrogens with zero attached hydrogens (tertiary/aromatic N) is 3. The summed E-state index contributed by atoms with van der Waals surface area (Å²) >= 11 is 0. The first kappa shape index (κ1) is 25.7. The van der Waals surface area contributed by atoms with E-state index in [4.69, 9.17) is 0 Å². The Labute approximate surface area is 210 Å². The molecule has 2 aromatic rings. The van der Waals surface area contributed by atoms with Gasteiger partial charge < -0.3 is 15.5 Å². The van der Waals surface area contributed by atoms with Crippen LogP contribution in [0.4, 0.5) is 0 Å². The minimum atomic E-state index is -0.0936. The van der Waals surface area contributed by atoms with Gasteiger partial charge in [-0.05, 0) is 47.6 Å².